The summed E-state index contributed by atoms with van der Waals surface area (Å²) >= 11 is 0. The van der Waals surface area contributed by atoms with Crippen molar-refractivity contribution in [3.63, 3.8) is 0 Å². The average Bonchev–Trinajstić information content (AvgIpc) is 2.29. The Bertz CT molecular complexity index is 478. The van der Waals surface area contributed by atoms with Gasteiger partial charge in [-0.15, -0.1) is 12.3 Å². The number of anilines is 1. The second-order valence-corrected chi connectivity index (χ2v) is 4.40. The molecule has 0 fully saturated rings. The summed E-state index contributed by atoms with van der Waals surface area (Å²) in [6.07, 6.45) is 7.21. The van der Waals surface area contributed by atoms with Gasteiger partial charge in [-0.3, -0.25) is 0 Å². The molecule has 0 aliphatic rings. The Hall–Kier alpha value is -2.09. The van der Waals surface area contributed by atoms with Gasteiger partial charge in [0.2, 0.25) is 0 Å². The average molecular weight is 247 g/mol. The molecule has 5 nitrogen and oxygen atoms in total. The minimum atomic E-state index is -1.07. The molecule has 0 radical (unpaired) electrons. The molecule has 1 heterocycles. The van der Waals surface area contributed by atoms with Gasteiger partial charge in [0, 0.05) is 18.4 Å². The summed E-state index contributed by atoms with van der Waals surface area (Å²) in [4.78, 5) is 19.4. The minimum Gasteiger partial charge on any atom is -0.476 e. The van der Waals surface area contributed by atoms with Crippen molar-refractivity contribution in [1.29, 1.82) is 0 Å². The zero-order chi connectivity index (χ0) is 13.7. The summed E-state index contributed by atoms with van der Waals surface area (Å²) in [6, 6.07) is -0.0263. The van der Waals surface area contributed by atoms with E-state index in [2.05, 4.69) is 21.2 Å². The molecule has 0 spiro atoms. The van der Waals surface area contributed by atoms with Crippen LogP contribution in [0.25, 0.3) is 0 Å². The van der Waals surface area contributed by atoms with Gasteiger partial charge in [-0.25, -0.2) is 14.8 Å². The summed E-state index contributed by atoms with van der Waals surface area (Å²) in [7, 11) is 0. The van der Waals surface area contributed by atoms with Crippen molar-refractivity contribution in [2.45, 2.75) is 39.2 Å². The summed E-state index contributed by atoms with van der Waals surface area (Å²) < 4.78 is 0. The van der Waals surface area contributed by atoms with Gasteiger partial charge >= 0.3 is 5.97 Å². The van der Waals surface area contributed by atoms with E-state index in [0.717, 1.165) is 0 Å². The van der Waals surface area contributed by atoms with Crippen LogP contribution in [0.1, 0.15) is 49.4 Å². The van der Waals surface area contributed by atoms with Gasteiger partial charge in [-0.2, -0.15) is 0 Å². The van der Waals surface area contributed by atoms with Gasteiger partial charge in [0.05, 0.1) is 11.9 Å². The molecule has 0 aliphatic carbocycles. The number of aromatic carboxylic acids is 1. The Morgan fingerprint density at radius 1 is 1.56 bits per heavy atom. The summed E-state index contributed by atoms with van der Waals surface area (Å²) in [6.45, 7) is 5.70. The number of nitrogens with zero attached hydrogens (tertiary/aromatic N) is 2. The molecule has 1 atom stereocenters. The van der Waals surface area contributed by atoms with E-state index >= 15 is 0 Å². The van der Waals surface area contributed by atoms with E-state index in [4.69, 9.17) is 11.5 Å². The second kappa shape index (κ2) is 6.01. The predicted molar refractivity (Wildman–Crippen MR) is 69.6 cm³/mol. The van der Waals surface area contributed by atoms with Crippen LogP contribution in [0.3, 0.4) is 0 Å². The molecule has 1 unspecified atom stereocenters. The SMILES string of the molecule is C#CCC(C)Nc1cnc(C(C)C)nc1C(=O)O. The number of carbonyl (C=O) groups is 1. The lowest BCUT2D eigenvalue weighted by Crippen LogP contribution is -2.19. The van der Waals surface area contributed by atoms with Gasteiger partial charge in [0.1, 0.15) is 5.82 Å². The number of terminal acetylenes is 1. The largest absolute Gasteiger partial charge is 0.476 e. The molecule has 2 N–H and O–H groups in total. The van der Waals surface area contributed by atoms with Crippen LogP contribution in [0, 0.1) is 12.3 Å². The van der Waals surface area contributed by atoms with Crippen LogP contribution >= 0.6 is 0 Å². The molecule has 0 bridgehead atoms. The quantitative estimate of drug-likeness (QED) is 0.779. The molecule has 0 saturated carbocycles. The maximum atomic E-state index is 11.2. The van der Waals surface area contributed by atoms with Crippen LogP contribution in [0.4, 0.5) is 5.69 Å². The zero-order valence-corrected chi connectivity index (χ0v) is 10.8. The normalized spacial score (nSPS) is 11.9. The number of rotatable bonds is 5. The van der Waals surface area contributed by atoms with E-state index in [9.17, 15) is 4.79 Å². The van der Waals surface area contributed by atoms with E-state index in [0.29, 0.717) is 17.9 Å². The van der Waals surface area contributed by atoms with Crippen molar-refractivity contribution in [2.24, 2.45) is 0 Å². The first-order chi connectivity index (χ1) is 8.45. The summed E-state index contributed by atoms with van der Waals surface area (Å²) in [5.41, 5.74) is 0.382. The Labute approximate surface area is 107 Å². The lowest BCUT2D eigenvalue weighted by molar-refractivity contribution is 0.0691. The molecule has 1 aromatic heterocycles. The maximum Gasteiger partial charge on any atom is 0.356 e. The monoisotopic (exact) mass is 247 g/mol. The van der Waals surface area contributed by atoms with Gasteiger partial charge in [-0.05, 0) is 6.92 Å². The lowest BCUT2D eigenvalue weighted by atomic mass is 10.2. The number of carboxylic acids is 1. The second-order valence-electron chi connectivity index (χ2n) is 4.40. The van der Waals surface area contributed by atoms with Crippen LogP contribution in [0.5, 0.6) is 0 Å². The number of hydrogen-bond acceptors (Lipinski definition) is 4. The summed E-state index contributed by atoms with van der Waals surface area (Å²) in [5, 5.41) is 12.2. The highest BCUT2D eigenvalue weighted by Crippen LogP contribution is 2.17. The fraction of sp³-hybridized carbons (Fsp3) is 0.462. The topological polar surface area (TPSA) is 75.1 Å². The maximum absolute atomic E-state index is 11.2. The first-order valence-corrected chi connectivity index (χ1v) is 5.76. The Balaban J connectivity index is 3.05. The zero-order valence-electron chi connectivity index (χ0n) is 10.8. The molecular weight excluding hydrogens is 230 g/mol. The first kappa shape index (κ1) is 14.0. The molecule has 0 aromatic carbocycles. The first-order valence-electron chi connectivity index (χ1n) is 5.76. The fourth-order valence-electron chi connectivity index (χ4n) is 1.44. The standard InChI is InChI=1S/C13H17N3O2/c1-5-6-9(4)15-10-7-14-12(8(2)3)16-11(10)13(17)18/h1,7-9,15H,6H2,2-4H3,(H,17,18). The van der Waals surface area contributed by atoms with Crippen LogP contribution in [-0.4, -0.2) is 27.1 Å². The van der Waals surface area contributed by atoms with Gasteiger partial charge < -0.3 is 10.4 Å². The van der Waals surface area contributed by atoms with Crippen molar-refractivity contribution in [3.05, 3.63) is 17.7 Å². The van der Waals surface area contributed by atoms with Crippen molar-refractivity contribution in [3.8, 4) is 12.3 Å². The van der Waals surface area contributed by atoms with Crippen molar-refractivity contribution in [1.82, 2.24) is 9.97 Å². The Morgan fingerprint density at radius 2 is 2.22 bits per heavy atom. The minimum absolute atomic E-state index is 0.0161. The molecule has 18 heavy (non-hydrogen) atoms. The highest BCUT2D eigenvalue weighted by molar-refractivity contribution is 5.91. The molecule has 0 aliphatic heterocycles. The fourth-order valence-corrected chi connectivity index (χ4v) is 1.44. The van der Waals surface area contributed by atoms with Crippen molar-refractivity contribution < 1.29 is 9.90 Å². The van der Waals surface area contributed by atoms with Crippen LogP contribution in [0.15, 0.2) is 6.20 Å². The number of carboxylic acid groups (broad SMARTS) is 1. The lowest BCUT2D eigenvalue weighted by Gasteiger charge is -2.15. The molecule has 1 rings (SSSR count). The van der Waals surface area contributed by atoms with Crippen LogP contribution in [-0.2, 0) is 0 Å². The third kappa shape index (κ3) is 3.45. The van der Waals surface area contributed by atoms with Gasteiger partial charge in [0.15, 0.2) is 5.69 Å². The smallest absolute Gasteiger partial charge is 0.356 e. The third-order valence-corrected chi connectivity index (χ3v) is 2.35. The number of hydrogen-bond donors (Lipinski definition) is 2. The predicted octanol–water partition coefficient (Wildman–Crippen LogP) is 2.12. The number of aromatic nitrogens is 2. The molecule has 96 valence electrons. The van der Waals surface area contributed by atoms with E-state index in [-0.39, 0.29) is 17.7 Å². The van der Waals surface area contributed by atoms with Crippen LogP contribution in [0.2, 0.25) is 0 Å². The number of nitrogens with one attached hydrogen (secondary N) is 1. The molecule has 5 heteroatoms. The summed E-state index contributed by atoms with van der Waals surface area (Å²) in [5.74, 6) is 2.04. The van der Waals surface area contributed by atoms with Crippen molar-refractivity contribution in [2.75, 3.05) is 5.32 Å². The van der Waals surface area contributed by atoms with E-state index in [1.165, 1.54) is 6.20 Å². The van der Waals surface area contributed by atoms with Gasteiger partial charge in [0.25, 0.3) is 0 Å². The Kier molecular flexibility index (Phi) is 4.67. The van der Waals surface area contributed by atoms with E-state index < -0.39 is 5.97 Å². The molecule has 0 saturated heterocycles. The molecular formula is C13H17N3O2. The Morgan fingerprint density at radius 3 is 2.72 bits per heavy atom. The highest BCUT2D eigenvalue weighted by Gasteiger charge is 2.16. The van der Waals surface area contributed by atoms with Crippen LogP contribution < -0.4 is 5.32 Å². The molecule has 0 amide bonds. The molecule has 1 aromatic rings. The highest BCUT2D eigenvalue weighted by atomic mass is 16.4. The van der Waals surface area contributed by atoms with Gasteiger partial charge in [-0.1, -0.05) is 13.8 Å². The van der Waals surface area contributed by atoms with E-state index in [1.807, 2.05) is 20.8 Å². The van der Waals surface area contributed by atoms with Crippen molar-refractivity contribution >= 4 is 11.7 Å². The van der Waals surface area contributed by atoms with E-state index in [1.54, 1.807) is 0 Å². The third-order valence-electron chi connectivity index (χ3n) is 2.35.